The molecule has 0 radical (unpaired) electrons. The third-order valence-corrected chi connectivity index (χ3v) is 3.09. The van der Waals surface area contributed by atoms with Crippen molar-refractivity contribution in [2.75, 3.05) is 0 Å². The normalized spacial score (nSPS) is 12.1. The van der Waals surface area contributed by atoms with Crippen molar-refractivity contribution >= 4 is 37.0 Å². The van der Waals surface area contributed by atoms with Crippen molar-refractivity contribution in [2.45, 2.75) is 5.75 Å². The standard InChI is InChI=1S/C7H5Cl2N3O2S/c8-7-5(4-15(9,13)14)11-6-3-10-1-2-12(6)7/h1-3H,4H2. The number of nitrogens with zero attached hydrogens (tertiary/aromatic N) is 3. The minimum atomic E-state index is -3.66. The van der Waals surface area contributed by atoms with Crippen LogP contribution in [0.1, 0.15) is 5.69 Å². The second-order valence-electron chi connectivity index (χ2n) is 2.84. The van der Waals surface area contributed by atoms with E-state index in [1.54, 1.807) is 6.20 Å². The first-order chi connectivity index (χ1) is 6.97. The van der Waals surface area contributed by atoms with E-state index < -0.39 is 14.8 Å². The lowest BCUT2D eigenvalue weighted by atomic mass is 10.5. The highest BCUT2D eigenvalue weighted by Gasteiger charge is 2.16. The fourth-order valence-electron chi connectivity index (χ4n) is 1.18. The number of halogens is 2. The topological polar surface area (TPSA) is 64.3 Å². The van der Waals surface area contributed by atoms with E-state index >= 15 is 0 Å². The summed E-state index contributed by atoms with van der Waals surface area (Å²) in [4.78, 5) is 7.84. The molecule has 0 aliphatic heterocycles. The Morgan fingerprint density at radius 1 is 1.47 bits per heavy atom. The maximum atomic E-state index is 10.9. The van der Waals surface area contributed by atoms with Crippen molar-refractivity contribution < 1.29 is 8.42 Å². The Labute approximate surface area is 95.1 Å². The van der Waals surface area contributed by atoms with Crippen molar-refractivity contribution in [3.05, 3.63) is 29.4 Å². The first-order valence-corrected chi connectivity index (χ1v) is 6.72. The van der Waals surface area contributed by atoms with Crippen molar-refractivity contribution in [1.82, 2.24) is 14.4 Å². The first-order valence-electron chi connectivity index (χ1n) is 3.86. The molecule has 2 rings (SSSR count). The number of hydrogen-bond donors (Lipinski definition) is 0. The average Bonchev–Trinajstić information content (AvgIpc) is 2.42. The smallest absolute Gasteiger partial charge is 0.238 e. The Balaban J connectivity index is 2.58. The molecule has 0 bridgehead atoms. The Morgan fingerprint density at radius 3 is 2.80 bits per heavy atom. The van der Waals surface area contributed by atoms with E-state index in [-0.39, 0.29) is 10.8 Å². The zero-order valence-corrected chi connectivity index (χ0v) is 9.59. The van der Waals surface area contributed by atoms with E-state index in [0.717, 1.165) is 0 Å². The van der Waals surface area contributed by atoms with E-state index in [2.05, 4.69) is 9.97 Å². The van der Waals surface area contributed by atoms with Gasteiger partial charge in [-0.05, 0) is 0 Å². The molecule has 0 atom stereocenters. The molecule has 8 heteroatoms. The van der Waals surface area contributed by atoms with E-state index in [1.807, 2.05) is 0 Å². The molecule has 0 fully saturated rings. The van der Waals surface area contributed by atoms with Gasteiger partial charge in [-0.2, -0.15) is 0 Å². The van der Waals surface area contributed by atoms with Crippen LogP contribution in [-0.2, 0) is 14.8 Å². The van der Waals surface area contributed by atoms with Gasteiger partial charge in [0.1, 0.15) is 10.9 Å². The number of rotatable bonds is 2. The average molecular weight is 266 g/mol. The van der Waals surface area contributed by atoms with Crippen LogP contribution in [-0.4, -0.2) is 22.8 Å². The highest BCUT2D eigenvalue weighted by molar-refractivity contribution is 8.13. The highest BCUT2D eigenvalue weighted by atomic mass is 35.7. The van der Waals surface area contributed by atoms with Gasteiger partial charge in [0.2, 0.25) is 9.05 Å². The molecule has 0 aliphatic rings. The molecule has 80 valence electrons. The SMILES string of the molecule is O=S(=O)(Cl)Cc1nc2cnccn2c1Cl. The second-order valence-corrected chi connectivity index (χ2v) is 5.97. The molecular weight excluding hydrogens is 261 g/mol. The van der Waals surface area contributed by atoms with Gasteiger partial charge in [0.15, 0.2) is 5.65 Å². The lowest BCUT2D eigenvalue weighted by Crippen LogP contribution is -1.95. The summed E-state index contributed by atoms with van der Waals surface area (Å²) < 4.78 is 23.3. The fourth-order valence-corrected chi connectivity index (χ4v) is 2.35. The van der Waals surface area contributed by atoms with Gasteiger partial charge in [0.25, 0.3) is 0 Å². The largest absolute Gasteiger partial charge is 0.287 e. The van der Waals surface area contributed by atoms with Crippen molar-refractivity contribution in [3.8, 4) is 0 Å². The fraction of sp³-hybridized carbons (Fsp3) is 0.143. The monoisotopic (exact) mass is 265 g/mol. The third kappa shape index (κ3) is 2.22. The molecular formula is C7H5Cl2N3O2S. The predicted molar refractivity (Wildman–Crippen MR) is 56.5 cm³/mol. The summed E-state index contributed by atoms with van der Waals surface area (Å²) in [6.45, 7) is 0. The van der Waals surface area contributed by atoms with Gasteiger partial charge in [-0.15, -0.1) is 0 Å². The van der Waals surface area contributed by atoms with Gasteiger partial charge in [-0.25, -0.2) is 13.4 Å². The van der Waals surface area contributed by atoms with E-state index in [4.69, 9.17) is 22.3 Å². The van der Waals surface area contributed by atoms with Gasteiger partial charge in [0, 0.05) is 23.1 Å². The highest BCUT2D eigenvalue weighted by Crippen LogP contribution is 2.20. The number of hydrogen-bond acceptors (Lipinski definition) is 4. The number of fused-ring (bicyclic) bond motifs is 1. The van der Waals surface area contributed by atoms with Crippen LogP contribution >= 0.6 is 22.3 Å². The van der Waals surface area contributed by atoms with Gasteiger partial charge in [0.05, 0.1) is 11.9 Å². The predicted octanol–water partition coefficient (Wildman–Crippen LogP) is 1.45. The van der Waals surface area contributed by atoms with Crippen LogP contribution < -0.4 is 0 Å². The summed E-state index contributed by atoms with van der Waals surface area (Å²) in [6.07, 6.45) is 4.60. The van der Waals surface area contributed by atoms with Crippen LogP contribution in [0, 0.1) is 0 Å². The van der Waals surface area contributed by atoms with Crippen LogP contribution in [0.2, 0.25) is 5.15 Å². The summed E-state index contributed by atoms with van der Waals surface area (Å²) in [5.41, 5.74) is 0.706. The summed E-state index contributed by atoms with van der Waals surface area (Å²) in [6, 6.07) is 0. The minimum absolute atomic E-state index is 0.222. The Morgan fingerprint density at radius 2 is 2.20 bits per heavy atom. The number of aromatic nitrogens is 3. The molecule has 0 saturated carbocycles. The second kappa shape index (κ2) is 3.62. The molecule has 0 N–H and O–H groups in total. The van der Waals surface area contributed by atoms with Crippen LogP contribution in [0.5, 0.6) is 0 Å². The van der Waals surface area contributed by atoms with E-state index in [9.17, 15) is 8.42 Å². The van der Waals surface area contributed by atoms with Crippen LogP contribution in [0.3, 0.4) is 0 Å². The molecule has 0 aliphatic carbocycles. The lowest BCUT2D eigenvalue weighted by molar-refractivity contribution is 0.608. The molecule has 0 saturated heterocycles. The third-order valence-electron chi connectivity index (χ3n) is 1.75. The summed E-state index contributed by atoms with van der Waals surface area (Å²) >= 11 is 5.91. The molecule has 0 amide bonds. The first kappa shape index (κ1) is 10.7. The molecule has 15 heavy (non-hydrogen) atoms. The molecule has 0 unspecified atom stereocenters. The van der Waals surface area contributed by atoms with Crippen molar-refractivity contribution in [1.29, 1.82) is 0 Å². The van der Waals surface area contributed by atoms with Crippen LogP contribution in [0.25, 0.3) is 5.65 Å². The van der Waals surface area contributed by atoms with E-state index in [0.29, 0.717) is 5.65 Å². The van der Waals surface area contributed by atoms with Crippen molar-refractivity contribution in [3.63, 3.8) is 0 Å². The molecule has 0 spiro atoms. The van der Waals surface area contributed by atoms with Gasteiger partial charge >= 0.3 is 0 Å². The summed E-state index contributed by atoms with van der Waals surface area (Å²) in [5, 5.41) is 0.233. The minimum Gasteiger partial charge on any atom is -0.287 e. The summed E-state index contributed by atoms with van der Waals surface area (Å²) in [5.74, 6) is -0.394. The van der Waals surface area contributed by atoms with E-state index in [1.165, 1.54) is 16.8 Å². The van der Waals surface area contributed by atoms with Gasteiger partial charge < -0.3 is 0 Å². The zero-order chi connectivity index (χ0) is 11.1. The van der Waals surface area contributed by atoms with Gasteiger partial charge in [-0.1, -0.05) is 11.6 Å². The Kier molecular flexibility index (Phi) is 2.57. The quantitative estimate of drug-likeness (QED) is 0.772. The molecule has 2 heterocycles. The van der Waals surface area contributed by atoms with Crippen LogP contribution in [0.4, 0.5) is 0 Å². The lowest BCUT2D eigenvalue weighted by Gasteiger charge is -1.93. The maximum Gasteiger partial charge on any atom is 0.238 e. The Bertz CT molecular complexity index is 608. The number of imidazole rings is 1. The molecule has 0 aromatic carbocycles. The molecule has 2 aromatic rings. The zero-order valence-electron chi connectivity index (χ0n) is 7.26. The van der Waals surface area contributed by atoms with Crippen LogP contribution in [0.15, 0.2) is 18.6 Å². The van der Waals surface area contributed by atoms with Crippen molar-refractivity contribution in [2.24, 2.45) is 0 Å². The molecule has 2 aromatic heterocycles. The summed E-state index contributed by atoms with van der Waals surface area (Å²) in [7, 11) is 1.46. The maximum absolute atomic E-state index is 10.9. The van der Waals surface area contributed by atoms with Gasteiger partial charge in [-0.3, -0.25) is 9.38 Å². The Hall–Kier alpha value is -0.850. The molecule has 5 nitrogen and oxygen atoms in total.